The molecule has 2 N–H and O–H groups in total. The first kappa shape index (κ1) is 19.1. The van der Waals surface area contributed by atoms with Crippen LogP contribution in [-0.2, 0) is 10.2 Å². The molecule has 0 radical (unpaired) electrons. The molecule has 2 aliphatic rings. The van der Waals surface area contributed by atoms with Gasteiger partial charge in [-0.2, -0.15) is 0 Å². The van der Waals surface area contributed by atoms with E-state index in [-0.39, 0.29) is 17.4 Å². The number of rotatable bonds is 3. The van der Waals surface area contributed by atoms with Crippen LogP contribution < -0.4 is 15.6 Å². The third kappa shape index (κ3) is 2.84. The Balaban J connectivity index is 1.68. The molecule has 3 aromatic rings. The number of benzene rings is 2. The second-order valence-electron chi connectivity index (χ2n) is 7.84. The van der Waals surface area contributed by atoms with Gasteiger partial charge in [0.25, 0.3) is 5.91 Å². The number of methoxy groups -OCH3 is 1. The largest absolute Gasteiger partial charge is 0.497 e. The maximum Gasteiger partial charge on any atom is 0.255 e. The molecule has 2 atom stereocenters. The average Bonchev–Trinajstić information content (AvgIpc) is 3.33. The zero-order valence-electron chi connectivity index (χ0n) is 16.9. The summed E-state index contributed by atoms with van der Waals surface area (Å²) in [6.07, 6.45) is 1.91. The summed E-state index contributed by atoms with van der Waals surface area (Å²) < 4.78 is 5.41. The third-order valence-corrected chi connectivity index (χ3v) is 6.29. The summed E-state index contributed by atoms with van der Waals surface area (Å²) >= 11 is 0. The van der Waals surface area contributed by atoms with Gasteiger partial charge in [-0.15, -0.1) is 0 Å². The molecule has 0 aliphatic carbocycles. The molecule has 3 heterocycles. The molecule has 31 heavy (non-hydrogen) atoms. The second-order valence-corrected chi connectivity index (χ2v) is 7.84. The molecule has 1 saturated heterocycles. The molecule has 0 unspecified atom stereocenters. The molecule has 1 fully saturated rings. The lowest BCUT2D eigenvalue weighted by atomic mass is 9.72. The number of ether oxygens (including phenoxy) is 1. The topological polar surface area (TPSA) is 91.5 Å². The maximum absolute atomic E-state index is 13.5. The van der Waals surface area contributed by atoms with Crippen molar-refractivity contribution in [2.45, 2.75) is 17.9 Å². The SMILES string of the molecule is COc1cccc([C@@H]2N(C(=O)c3ccc(=O)[nH]c3)CC[C@]23C(=O)Nc2ccccc23)c1. The number of fused-ring (bicyclic) bond motifs is 2. The van der Waals surface area contributed by atoms with Gasteiger partial charge in [0.1, 0.15) is 11.2 Å². The van der Waals surface area contributed by atoms with Crippen LogP contribution in [0.5, 0.6) is 5.75 Å². The van der Waals surface area contributed by atoms with Gasteiger partial charge in [-0.05, 0) is 41.8 Å². The van der Waals surface area contributed by atoms with Gasteiger partial charge in [0.2, 0.25) is 11.5 Å². The van der Waals surface area contributed by atoms with Gasteiger partial charge in [-0.25, -0.2) is 0 Å². The predicted molar refractivity (Wildman–Crippen MR) is 115 cm³/mol. The van der Waals surface area contributed by atoms with Crippen molar-refractivity contribution in [2.24, 2.45) is 0 Å². The number of para-hydroxylation sites is 1. The highest BCUT2D eigenvalue weighted by Gasteiger charge is 2.59. The van der Waals surface area contributed by atoms with E-state index in [9.17, 15) is 14.4 Å². The van der Waals surface area contributed by atoms with Crippen molar-refractivity contribution in [1.82, 2.24) is 9.88 Å². The van der Waals surface area contributed by atoms with Crippen LogP contribution in [0.3, 0.4) is 0 Å². The van der Waals surface area contributed by atoms with Crippen molar-refractivity contribution in [2.75, 3.05) is 19.0 Å². The van der Waals surface area contributed by atoms with Gasteiger partial charge in [-0.3, -0.25) is 14.4 Å². The highest BCUT2D eigenvalue weighted by Crippen LogP contribution is 2.55. The van der Waals surface area contributed by atoms with Crippen molar-refractivity contribution in [1.29, 1.82) is 0 Å². The number of H-pyrrole nitrogens is 1. The quantitative estimate of drug-likeness (QED) is 0.688. The lowest BCUT2D eigenvalue weighted by Gasteiger charge is -2.34. The number of carbonyl (C=O) groups is 2. The molecule has 1 aromatic heterocycles. The van der Waals surface area contributed by atoms with E-state index in [0.29, 0.717) is 24.3 Å². The summed E-state index contributed by atoms with van der Waals surface area (Å²) in [7, 11) is 1.59. The molecule has 7 nitrogen and oxygen atoms in total. The van der Waals surface area contributed by atoms with Gasteiger partial charge in [0.15, 0.2) is 0 Å². The van der Waals surface area contributed by atoms with Crippen molar-refractivity contribution < 1.29 is 14.3 Å². The van der Waals surface area contributed by atoms with Gasteiger partial charge in [0, 0.05) is 24.5 Å². The van der Waals surface area contributed by atoms with E-state index in [0.717, 1.165) is 16.8 Å². The molecule has 2 aliphatic heterocycles. The van der Waals surface area contributed by atoms with E-state index in [1.165, 1.54) is 18.3 Å². The van der Waals surface area contributed by atoms with E-state index in [1.807, 2.05) is 48.5 Å². The number of hydrogen-bond donors (Lipinski definition) is 2. The van der Waals surface area contributed by atoms with E-state index in [1.54, 1.807) is 12.0 Å². The summed E-state index contributed by atoms with van der Waals surface area (Å²) in [5, 5.41) is 3.01. The lowest BCUT2D eigenvalue weighted by molar-refractivity contribution is -0.121. The number of likely N-dealkylation sites (tertiary alicyclic amines) is 1. The summed E-state index contributed by atoms with van der Waals surface area (Å²) in [6.45, 7) is 0.404. The van der Waals surface area contributed by atoms with Crippen LogP contribution in [0, 0.1) is 0 Å². The van der Waals surface area contributed by atoms with Crippen LogP contribution >= 0.6 is 0 Å². The Morgan fingerprint density at radius 1 is 1.10 bits per heavy atom. The molecule has 2 aromatic carbocycles. The van der Waals surface area contributed by atoms with Crippen LogP contribution in [0.4, 0.5) is 5.69 Å². The van der Waals surface area contributed by atoms with E-state index in [2.05, 4.69) is 10.3 Å². The lowest BCUT2D eigenvalue weighted by Crippen LogP contribution is -2.42. The van der Waals surface area contributed by atoms with E-state index in [4.69, 9.17) is 4.74 Å². The van der Waals surface area contributed by atoms with E-state index < -0.39 is 11.5 Å². The van der Waals surface area contributed by atoms with Crippen LogP contribution in [0.25, 0.3) is 0 Å². The Morgan fingerprint density at radius 3 is 2.71 bits per heavy atom. The molecule has 0 saturated carbocycles. The molecule has 156 valence electrons. The number of anilines is 1. The zero-order chi connectivity index (χ0) is 21.6. The Hall–Kier alpha value is -3.87. The molecule has 5 rings (SSSR count). The van der Waals surface area contributed by atoms with Crippen LogP contribution in [0.1, 0.15) is 33.9 Å². The van der Waals surface area contributed by atoms with Crippen molar-refractivity contribution in [3.63, 3.8) is 0 Å². The molecule has 2 amide bonds. The summed E-state index contributed by atoms with van der Waals surface area (Å²) in [5.41, 5.74) is 1.68. The number of aromatic amines is 1. The summed E-state index contributed by atoms with van der Waals surface area (Å²) in [5.74, 6) is 0.305. The number of aromatic nitrogens is 1. The Labute approximate surface area is 178 Å². The number of amides is 2. The maximum atomic E-state index is 13.5. The first-order valence-corrected chi connectivity index (χ1v) is 10.1. The monoisotopic (exact) mass is 415 g/mol. The summed E-state index contributed by atoms with van der Waals surface area (Å²) in [4.78, 5) is 42.7. The van der Waals surface area contributed by atoms with Crippen molar-refractivity contribution >= 4 is 17.5 Å². The fraction of sp³-hybridized carbons (Fsp3) is 0.208. The Bertz CT molecular complexity index is 1230. The minimum atomic E-state index is -0.902. The van der Waals surface area contributed by atoms with Crippen LogP contribution in [0.15, 0.2) is 71.7 Å². The number of carbonyl (C=O) groups excluding carboxylic acids is 2. The normalized spacial score (nSPS) is 21.8. The Morgan fingerprint density at radius 2 is 1.94 bits per heavy atom. The molecule has 0 bridgehead atoms. The molecular weight excluding hydrogens is 394 g/mol. The van der Waals surface area contributed by atoms with Crippen molar-refractivity contribution in [3.05, 3.63) is 93.9 Å². The minimum absolute atomic E-state index is 0.113. The highest BCUT2D eigenvalue weighted by atomic mass is 16.5. The highest BCUT2D eigenvalue weighted by molar-refractivity contribution is 6.08. The third-order valence-electron chi connectivity index (χ3n) is 6.29. The fourth-order valence-corrected chi connectivity index (χ4v) is 4.89. The second kappa shape index (κ2) is 7.12. The smallest absolute Gasteiger partial charge is 0.255 e. The van der Waals surface area contributed by atoms with Gasteiger partial charge < -0.3 is 19.9 Å². The van der Waals surface area contributed by atoms with Crippen molar-refractivity contribution in [3.8, 4) is 5.75 Å². The van der Waals surface area contributed by atoms with Crippen LogP contribution in [-0.4, -0.2) is 35.4 Å². The molecule has 1 spiro atoms. The van der Waals surface area contributed by atoms with Gasteiger partial charge in [-0.1, -0.05) is 30.3 Å². The zero-order valence-corrected chi connectivity index (χ0v) is 16.9. The Kier molecular flexibility index (Phi) is 4.39. The fourth-order valence-electron chi connectivity index (χ4n) is 4.89. The van der Waals surface area contributed by atoms with Crippen LogP contribution in [0.2, 0.25) is 0 Å². The first-order valence-electron chi connectivity index (χ1n) is 10.1. The number of pyridine rings is 1. The minimum Gasteiger partial charge on any atom is -0.497 e. The van der Waals surface area contributed by atoms with Gasteiger partial charge in [0.05, 0.1) is 18.7 Å². The summed E-state index contributed by atoms with van der Waals surface area (Å²) in [6, 6.07) is 17.4. The average molecular weight is 415 g/mol. The van der Waals surface area contributed by atoms with E-state index >= 15 is 0 Å². The number of hydrogen-bond acceptors (Lipinski definition) is 4. The standard InChI is InChI=1S/C24H21N3O4/c1-31-17-6-4-5-15(13-17)21-24(18-7-2-3-8-19(18)26-23(24)30)11-12-27(21)22(29)16-9-10-20(28)25-14-16/h2-10,13-14,21H,11-12H2,1H3,(H,25,28)(H,26,30)/t21-,24+/m0/s1. The molecular formula is C24H21N3O4. The number of nitrogens with zero attached hydrogens (tertiary/aromatic N) is 1. The number of nitrogens with one attached hydrogen (secondary N) is 2. The first-order chi connectivity index (χ1) is 15.0. The molecule has 7 heteroatoms. The van der Waals surface area contributed by atoms with Gasteiger partial charge >= 0.3 is 0 Å². The predicted octanol–water partition coefficient (Wildman–Crippen LogP) is 2.86.